The zero-order valence-electron chi connectivity index (χ0n) is 11.8. The van der Waals surface area contributed by atoms with E-state index >= 15 is 0 Å². The largest absolute Gasteiger partial charge is 0.378 e. The highest BCUT2D eigenvalue weighted by molar-refractivity contribution is 5.56. The van der Waals surface area contributed by atoms with Crippen LogP contribution in [0.1, 0.15) is 13.3 Å². The minimum Gasteiger partial charge on any atom is -0.378 e. The quantitative estimate of drug-likeness (QED) is 0.860. The minimum atomic E-state index is 0.804. The van der Waals surface area contributed by atoms with Gasteiger partial charge < -0.3 is 15.1 Å². The summed E-state index contributed by atoms with van der Waals surface area (Å²) in [7, 11) is 4.16. The molecular formula is C15H25N3. The van der Waals surface area contributed by atoms with Crippen LogP contribution in [0.5, 0.6) is 0 Å². The summed E-state index contributed by atoms with van der Waals surface area (Å²) in [5.41, 5.74) is 2.63. The third-order valence-electron chi connectivity index (χ3n) is 3.70. The van der Waals surface area contributed by atoms with Crippen molar-refractivity contribution in [2.24, 2.45) is 5.92 Å². The van der Waals surface area contributed by atoms with E-state index in [2.05, 4.69) is 60.4 Å². The molecular weight excluding hydrogens is 222 g/mol. The van der Waals surface area contributed by atoms with Crippen molar-refractivity contribution in [3.63, 3.8) is 0 Å². The predicted octanol–water partition coefficient (Wildman–Crippen LogP) is 2.19. The van der Waals surface area contributed by atoms with Crippen LogP contribution in [0.15, 0.2) is 24.3 Å². The Morgan fingerprint density at radius 2 is 2.00 bits per heavy atom. The molecule has 1 aromatic carbocycles. The Morgan fingerprint density at radius 3 is 2.61 bits per heavy atom. The van der Waals surface area contributed by atoms with Gasteiger partial charge >= 0.3 is 0 Å². The van der Waals surface area contributed by atoms with Crippen molar-refractivity contribution in [3.8, 4) is 0 Å². The van der Waals surface area contributed by atoms with Crippen LogP contribution in [0, 0.1) is 5.92 Å². The molecule has 0 saturated carbocycles. The van der Waals surface area contributed by atoms with E-state index < -0.39 is 0 Å². The first-order valence-corrected chi connectivity index (χ1v) is 6.93. The molecule has 3 nitrogen and oxygen atoms in total. The van der Waals surface area contributed by atoms with Gasteiger partial charge in [-0.05, 0) is 49.7 Å². The first-order chi connectivity index (χ1) is 8.70. The van der Waals surface area contributed by atoms with E-state index in [-0.39, 0.29) is 0 Å². The van der Waals surface area contributed by atoms with Crippen LogP contribution in [0.3, 0.4) is 0 Å². The highest BCUT2D eigenvalue weighted by Gasteiger charge is 2.21. The highest BCUT2D eigenvalue weighted by atomic mass is 15.2. The molecule has 0 spiro atoms. The summed E-state index contributed by atoms with van der Waals surface area (Å²) < 4.78 is 0. The smallest absolute Gasteiger partial charge is 0.0367 e. The highest BCUT2D eigenvalue weighted by Crippen LogP contribution is 2.25. The van der Waals surface area contributed by atoms with E-state index in [1.807, 2.05) is 0 Å². The second kappa shape index (κ2) is 6.10. The van der Waals surface area contributed by atoms with Gasteiger partial charge in [0, 0.05) is 38.6 Å². The average Bonchev–Trinajstić information content (AvgIpc) is 2.85. The van der Waals surface area contributed by atoms with Gasteiger partial charge in [0.15, 0.2) is 0 Å². The number of rotatable bonds is 5. The molecule has 1 aromatic rings. The van der Waals surface area contributed by atoms with Gasteiger partial charge in [-0.15, -0.1) is 0 Å². The van der Waals surface area contributed by atoms with Crippen LogP contribution in [0.25, 0.3) is 0 Å². The lowest BCUT2D eigenvalue weighted by atomic mass is 10.1. The lowest BCUT2D eigenvalue weighted by Gasteiger charge is -2.20. The summed E-state index contributed by atoms with van der Waals surface area (Å²) >= 11 is 0. The number of benzene rings is 1. The SMILES string of the molecule is CCNCC1CCN(c2ccc(N(C)C)cc2)C1. The van der Waals surface area contributed by atoms with Crippen molar-refractivity contribution in [1.29, 1.82) is 0 Å². The molecule has 1 saturated heterocycles. The molecule has 1 aliphatic heterocycles. The number of anilines is 2. The molecule has 1 fully saturated rings. The van der Waals surface area contributed by atoms with Gasteiger partial charge in [0.05, 0.1) is 0 Å². The molecule has 0 aliphatic carbocycles. The zero-order valence-corrected chi connectivity index (χ0v) is 11.8. The maximum atomic E-state index is 3.45. The zero-order chi connectivity index (χ0) is 13.0. The van der Waals surface area contributed by atoms with Crippen LogP contribution in [0.4, 0.5) is 11.4 Å². The second-order valence-electron chi connectivity index (χ2n) is 5.32. The van der Waals surface area contributed by atoms with E-state index in [1.165, 1.54) is 30.9 Å². The van der Waals surface area contributed by atoms with E-state index in [9.17, 15) is 0 Å². The molecule has 2 rings (SSSR count). The fourth-order valence-electron chi connectivity index (χ4n) is 2.54. The van der Waals surface area contributed by atoms with E-state index in [4.69, 9.17) is 0 Å². The van der Waals surface area contributed by atoms with Gasteiger partial charge in [0.1, 0.15) is 0 Å². The fourth-order valence-corrected chi connectivity index (χ4v) is 2.54. The minimum absolute atomic E-state index is 0.804. The van der Waals surface area contributed by atoms with Crippen molar-refractivity contribution < 1.29 is 0 Å². The van der Waals surface area contributed by atoms with Gasteiger partial charge in [-0.1, -0.05) is 6.92 Å². The summed E-state index contributed by atoms with van der Waals surface area (Å²) in [6.07, 6.45) is 1.31. The van der Waals surface area contributed by atoms with E-state index in [0.29, 0.717) is 0 Å². The summed E-state index contributed by atoms with van der Waals surface area (Å²) in [4.78, 5) is 4.64. The third kappa shape index (κ3) is 3.16. The van der Waals surface area contributed by atoms with Crippen molar-refractivity contribution in [2.75, 3.05) is 50.1 Å². The average molecular weight is 247 g/mol. The van der Waals surface area contributed by atoms with Gasteiger partial charge in [0.2, 0.25) is 0 Å². The first kappa shape index (κ1) is 13.2. The summed E-state index contributed by atoms with van der Waals surface area (Å²) in [6.45, 7) is 6.79. The van der Waals surface area contributed by atoms with Crippen LogP contribution in [0.2, 0.25) is 0 Å². The Kier molecular flexibility index (Phi) is 4.48. The van der Waals surface area contributed by atoms with Crippen LogP contribution in [-0.4, -0.2) is 40.3 Å². The Morgan fingerprint density at radius 1 is 1.28 bits per heavy atom. The fraction of sp³-hybridized carbons (Fsp3) is 0.600. The molecule has 1 N–H and O–H groups in total. The van der Waals surface area contributed by atoms with Gasteiger partial charge in [-0.3, -0.25) is 0 Å². The van der Waals surface area contributed by atoms with E-state index in [1.54, 1.807) is 0 Å². The lowest BCUT2D eigenvalue weighted by Crippen LogP contribution is -2.26. The number of nitrogens with one attached hydrogen (secondary N) is 1. The van der Waals surface area contributed by atoms with Crippen molar-refractivity contribution >= 4 is 11.4 Å². The van der Waals surface area contributed by atoms with Crippen LogP contribution >= 0.6 is 0 Å². The molecule has 18 heavy (non-hydrogen) atoms. The third-order valence-corrected chi connectivity index (χ3v) is 3.70. The van der Waals surface area contributed by atoms with Gasteiger partial charge in [0.25, 0.3) is 0 Å². The standard InChI is InChI=1S/C15H25N3/c1-4-16-11-13-9-10-18(12-13)15-7-5-14(6-8-15)17(2)3/h5-8,13,16H,4,9-12H2,1-3H3. The first-order valence-electron chi connectivity index (χ1n) is 6.93. The number of hydrogen-bond acceptors (Lipinski definition) is 3. The molecule has 1 aliphatic rings. The maximum absolute atomic E-state index is 3.45. The molecule has 0 bridgehead atoms. The molecule has 0 radical (unpaired) electrons. The summed E-state index contributed by atoms with van der Waals surface area (Å²) in [6, 6.07) is 8.88. The Bertz CT molecular complexity index is 359. The maximum Gasteiger partial charge on any atom is 0.0367 e. The Labute approximate surface area is 111 Å². The van der Waals surface area contributed by atoms with Gasteiger partial charge in [-0.2, -0.15) is 0 Å². The topological polar surface area (TPSA) is 18.5 Å². The summed E-state index contributed by atoms with van der Waals surface area (Å²) in [5, 5.41) is 3.45. The van der Waals surface area contributed by atoms with E-state index in [0.717, 1.165) is 19.0 Å². The molecule has 0 aromatic heterocycles. The van der Waals surface area contributed by atoms with Gasteiger partial charge in [-0.25, -0.2) is 0 Å². The molecule has 3 heteroatoms. The summed E-state index contributed by atoms with van der Waals surface area (Å²) in [5.74, 6) is 0.804. The number of nitrogens with zero attached hydrogens (tertiary/aromatic N) is 2. The van der Waals surface area contributed by atoms with Crippen molar-refractivity contribution in [3.05, 3.63) is 24.3 Å². The van der Waals surface area contributed by atoms with Crippen LogP contribution in [-0.2, 0) is 0 Å². The molecule has 0 amide bonds. The van der Waals surface area contributed by atoms with Crippen molar-refractivity contribution in [2.45, 2.75) is 13.3 Å². The Hall–Kier alpha value is -1.22. The Balaban J connectivity index is 1.92. The second-order valence-corrected chi connectivity index (χ2v) is 5.32. The van der Waals surface area contributed by atoms with Crippen LogP contribution < -0.4 is 15.1 Å². The molecule has 1 unspecified atom stereocenters. The molecule has 1 heterocycles. The number of hydrogen-bond donors (Lipinski definition) is 1. The molecule has 1 atom stereocenters. The lowest BCUT2D eigenvalue weighted by molar-refractivity contribution is 0.528. The van der Waals surface area contributed by atoms with Crippen molar-refractivity contribution in [1.82, 2.24) is 5.32 Å². The molecule has 100 valence electrons. The predicted molar refractivity (Wildman–Crippen MR) is 79.6 cm³/mol. The monoisotopic (exact) mass is 247 g/mol. The normalized spacial score (nSPS) is 19.3.